The number of rotatable bonds is 3. The summed E-state index contributed by atoms with van der Waals surface area (Å²) in [6, 6.07) is 8.76. The lowest BCUT2D eigenvalue weighted by Crippen LogP contribution is -1.98. The van der Waals surface area contributed by atoms with Crippen molar-refractivity contribution in [3.05, 3.63) is 53.5 Å². The van der Waals surface area contributed by atoms with E-state index in [1.807, 2.05) is 28.8 Å². The van der Waals surface area contributed by atoms with E-state index in [9.17, 15) is 9.50 Å². The van der Waals surface area contributed by atoms with Crippen molar-refractivity contribution in [3.63, 3.8) is 0 Å². The molecule has 0 saturated carbocycles. The van der Waals surface area contributed by atoms with E-state index in [1.54, 1.807) is 19.9 Å². The maximum atomic E-state index is 13.7. The molecule has 1 N–H and O–H groups in total. The predicted molar refractivity (Wildman–Crippen MR) is 78.9 cm³/mol. The molecule has 0 radical (unpaired) electrons. The van der Waals surface area contributed by atoms with Gasteiger partial charge >= 0.3 is 0 Å². The Morgan fingerprint density at radius 2 is 2.10 bits per heavy atom. The van der Waals surface area contributed by atoms with Gasteiger partial charge in [0.25, 0.3) is 0 Å². The Morgan fingerprint density at radius 3 is 2.86 bits per heavy atom. The van der Waals surface area contributed by atoms with E-state index < -0.39 is 6.10 Å². The van der Waals surface area contributed by atoms with E-state index in [1.165, 1.54) is 17.8 Å². The molecule has 0 aliphatic heterocycles. The molecule has 2 aromatic heterocycles. The zero-order valence-electron chi connectivity index (χ0n) is 11.6. The maximum Gasteiger partial charge on any atom is 0.200 e. The van der Waals surface area contributed by atoms with Crippen LogP contribution < -0.4 is 0 Å². The molecule has 108 valence electrons. The third kappa shape index (κ3) is 2.64. The number of aliphatic hydroxyl groups excluding tert-OH is 1. The van der Waals surface area contributed by atoms with Gasteiger partial charge in [-0.1, -0.05) is 6.07 Å². The first-order valence-electron chi connectivity index (χ1n) is 6.52. The van der Waals surface area contributed by atoms with Gasteiger partial charge in [0.2, 0.25) is 0 Å². The lowest BCUT2D eigenvalue weighted by molar-refractivity contribution is 0.196. The highest BCUT2D eigenvalue weighted by molar-refractivity contribution is 7.99. The summed E-state index contributed by atoms with van der Waals surface area (Å²) in [4.78, 5) is 0.780. The first-order chi connectivity index (χ1) is 10.1. The smallest absolute Gasteiger partial charge is 0.200 e. The van der Waals surface area contributed by atoms with Gasteiger partial charge in [0.15, 0.2) is 10.8 Å². The fourth-order valence-electron chi connectivity index (χ4n) is 2.07. The molecule has 0 unspecified atom stereocenters. The average Bonchev–Trinajstić information content (AvgIpc) is 2.86. The lowest BCUT2D eigenvalue weighted by Gasteiger charge is -2.12. The molecule has 1 atom stereocenters. The van der Waals surface area contributed by atoms with Crippen LogP contribution in [0.25, 0.3) is 5.65 Å². The number of pyridine rings is 1. The van der Waals surface area contributed by atoms with Crippen molar-refractivity contribution < 1.29 is 9.50 Å². The molecule has 1 aromatic carbocycles. The first kappa shape index (κ1) is 14.0. The second-order valence-corrected chi connectivity index (χ2v) is 5.84. The quantitative estimate of drug-likeness (QED) is 0.806. The van der Waals surface area contributed by atoms with Crippen molar-refractivity contribution in [2.75, 3.05) is 0 Å². The third-order valence-electron chi connectivity index (χ3n) is 3.22. The van der Waals surface area contributed by atoms with Crippen LogP contribution in [0.15, 0.2) is 46.6 Å². The lowest BCUT2D eigenvalue weighted by atomic mass is 10.1. The molecule has 0 fully saturated rings. The molecule has 21 heavy (non-hydrogen) atoms. The molecule has 0 spiro atoms. The Morgan fingerprint density at radius 1 is 1.29 bits per heavy atom. The molecule has 3 aromatic rings. The zero-order valence-corrected chi connectivity index (χ0v) is 12.4. The first-order valence-corrected chi connectivity index (χ1v) is 7.33. The molecular weight excluding hydrogens is 289 g/mol. The van der Waals surface area contributed by atoms with Crippen molar-refractivity contribution in [1.82, 2.24) is 14.6 Å². The summed E-state index contributed by atoms with van der Waals surface area (Å²) in [5.74, 6) is -0.318. The molecule has 6 heteroatoms. The van der Waals surface area contributed by atoms with Crippen LogP contribution in [-0.4, -0.2) is 19.7 Å². The van der Waals surface area contributed by atoms with E-state index >= 15 is 0 Å². The third-order valence-corrected chi connectivity index (χ3v) is 4.26. The molecule has 0 amide bonds. The van der Waals surface area contributed by atoms with E-state index in [4.69, 9.17) is 0 Å². The number of hydrogen-bond donors (Lipinski definition) is 1. The Balaban J connectivity index is 2.07. The van der Waals surface area contributed by atoms with Crippen molar-refractivity contribution in [2.24, 2.45) is 0 Å². The van der Waals surface area contributed by atoms with Gasteiger partial charge in [-0.05, 0) is 61.0 Å². The monoisotopic (exact) mass is 303 g/mol. The zero-order chi connectivity index (χ0) is 15.0. The van der Waals surface area contributed by atoms with Crippen LogP contribution in [0.5, 0.6) is 0 Å². The Labute approximate surface area is 125 Å². The molecule has 0 bridgehead atoms. The van der Waals surface area contributed by atoms with E-state index in [0.717, 1.165) is 10.5 Å². The average molecular weight is 303 g/mol. The van der Waals surface area contributed by atoms with Crippen LogP contribution in [-0.2, 0) is 0 Å². The second kappa shape index (κ2) is 5.46. The number of aryl methyl sites for hydroxylation is 1. The maximum absolute atomic E-state index is 13.7. The number of hydrogen-bond acceptors (Lipinski definition) is 4. The topological polar surface area (TPSA) is 50.4 Å². The van der Waals surface area contributed by atoms with Gasteiger partial charge in [0.05, 0.1) is 6.10 Å². The molecule has 0 aliphatic carbocycles. The van der Waals surface area contributed by atoms with Gasteiger partial charge in [0.1, 0.15) is 5.82 Å². The summed E-state index contributed by atoms with van der Waals surface area (Å²) < 4.78 is 15.6. The van der Waals surface area contributed by atoms with Crippen LogP contribution >= 0.6 is 11.8 Å². The van der Waals surface area contributed by atoms with Crippen LogP contribution in [0, 0.1) is 12.7 Å². The van der Waals surface area contributed by atoms with Crippen LogP contribution in [0.1, 0.15) is 24.2 Å². The van der Waals surface area contributed by atoms with Gasteiger partial charge in [-0.2, -0.15) is 0 Å². The number of benzene rings is 1. The SMILES string of the molecule is Cc1cc(Sc2nnc3ccccn23)c([C@H](C)O)cc1F. The highest BCUT2D eigenvalue weighted by atomic mass is 32.2. The van der Waals surface area contributed by atoms with E-state index in [-0.39, 0.29) is 5.82 Å². The Kier molecular flexibility index (Phi) is 3.65. The van der Waals surface area contributed by atoms with Gasteiger partial charge in [0, 0.05) is 11.1 Å². The van der Waals surface area contributed by atoms with Gasteiger partial charge in [-0.3, -0.25) is 4.40 Å². The highest BCUT2D eigenvalue weighted by Crippen LogP contribution is 2.34. The number of aliphatic hydroxyl groups is 1. The largest absolute Gasteiger partial charge is 0.389 e. The highest BCUT2D eigenvalue weighted by Gasteiger charge is 2.15. The fourth-order valence-corrected chi connectivity index (χ4v) is 3.19. The molecule has 2 heterocycles. The van der Waals surface area contributed by atoms with Crippen molar-refractivity contribution >= 4 is 17.4 Å². The molecule has 4 nitrogen and oxygen atoms in total. The number of halogens is 1. The van der Waals surface area contributed by atoms with Crippen molar-refractivity contribution in [3.8, 4) is 0 Å². The number of fused-ring (bicyclic) bond motifs is 1. The minimum absolute atomic E-state index is 0.318. The summed E-state index contributed by atoms with van der Waals surface area (Å²) in [5.41, 5.74) is 1.84. The molecule has 0 aliphatic rings. The van der Waals surface area contributed by atoms with Crippen LogP contribution in [0.4, 0.5) is 4.39 Å². The minimum Gasteiger partial charge on any atom is -0.389 e. The minimum atomic E-state index is -0.748. The van der Waals surface area contributed by atoms with Crippen molar-refractivity contribution in [1.29, 1.82) is 0 Å². The van der Waals surface area contributed by atoms with Crippen molar-refractivity contribution in [2.45, 2.75) is 30.0 Å². The normalized spacial score (nSPS) is 12.8. The van der Waals surface area contributed by atoms with Gasteiger partial charge < -0.3 is 5.11 Å². The summed E-state index contributed by atoms with van der Waals surface area (Å²) in [6.07, 6.45) is 1.12. The summed E-state index contributed by atoms with van der Waals surface area (Å²) >= 11 is 1.36. The number of nitrogens with zero attached hydrogens (tertiary/aromatic N) is 3. The molecular formula is C15H14FN3OS. The van der Waals surface area contributed by atoms with Gasteiger partial charge in [-0.25, -0.2) is 4.39 Å². The standard InChI is InChI=1S/C15H14FN3OS/c1-9-7-13(11(10(2)20)8-12(9)16)21-15-18-17-14-5-3-4-6-19(14)15/h3-8,10,20H,1-2H3/t10-/m0/s1. The van der Waals surface area contributed by atoms with Crippen LogP contribution in [0.3, 0.4) is 0 Å². The van der Waals surface area contributed by atoms with Crippen LogP contribution in [0.2, 0.25) is 0 Å². The second-order valence-electron chi connectivity index (χ2n) is 4.83. The van der Waals surface area contributed by atoms with E-state index in [0.29, 0.717) is 16.3 Å². The predicted octanol–water partition coefficient (Wildman–Crippen LogP) is 3.38. The van der Waals surface area contributed by atoms with Gasteiger partial charge in [-0.15, -0.1) is 10.2 Å². The molecule has 0 saturated heterocycles. The van der Waals surface area contributed by atoms with E-state index in [2.05, 4.69) is 10.2 Å². The Hall–Kier alpha value is -1.92. The fraction of sp³-hybridized carbons (Fsp3) is 0.200. The summed E-state index contributed by atoms with van der Waals surface area (Å²) in [7, 11) is 0. The summed E-state index contributed by atoms with van der Waals surface area (Å²) in [5, 5.41) is 18.7. The molecule has 3 rings (SSSR count). The summed E-state index contributed by atoms with van der Waals surface area (Å²) in [6.45, 7) is 3.32. The number of aromatic nitrogens is 3. The Bertz CT molecular complexity index is 801.